The first-order valence-corrected chi connectivity index (χ1v) is 4.26. The van der Waals surface area contributed by atoms with E-state index in [4.69, 9.17) is 7.85 Å². The van der Waals surface area contributed by atoms with Crippen LogP contribution in [0.5, 0.6) is 0 Å². The standard InChI is InChI=1S/C9H13BN2O/c1-7-5-8(12(2)6-7)9(13)11-4-3-10/h5-6H,3-4H2,1-2H3,(H,11,13). The Balaban J connectivity index is 2.70. The zero-order valence-corrected chi connectivity index (χ0v) is 8.00. The van der Waals surface area contributed by atoms with Gasteiger partial charge in [0, 0.05) is 19.8 Å². The zero-order chi connectivity index (χ0) is 9.84. The van der Waals surface area contributed by atoms with Crippen LogP contribution in [0.15, 0.2) is 12.3 Å². The number of aromatic nitrogens is 1. The van der Waals surface area contributed by atoms with Crippen molar-refractivity contribution in [2.75, 3.05) is 6.54 Å². The molecule has 4 heteroatoms. The van der Waals surface area contributed by atoms with Crippen LogP contribution in [0.1, 0.15) is 16.1 Å². The van der Waals surface area contributed by atoms with Crippen molar-refractivity contribution in [2.45, 2.75) is 13.2 Å². The van der Waals surface area contributed by atoms with Crippen molar-refractivity contribution in [2.24, 2.45) is 7.05 Å². The summed E-state index contributed by atoms with van der Waals surface area (Å²) < 4.78 is 1.81. The largest absolute Gasteiger partial charge is 0.352 e. The molecule has 0 aromatic carbocycles. The molecule has 0 spiro atoms. The third kappa shape index (κ3) is 2.37. The summed E-state index contributed by atoms with van der Waals surface area (Å²) in [6, 6.07) is 1.85. The van der Waals surface area contributed by atoms with Gasteiger partial charge in [0.2, 0.25) is 0 Å². The van der Waals surface area contributed by atoms with Gasteiger partial charge in [-0.2, -0.15) is 0 Å². The van der Waals surface area contributed by atoms with E-state index in [1.54, 1.807) is 4.57 Å². The lowest BCUT2D eigenvalue weighted by Gasteiger charge is -2.03. The zero-order valence-electron chi connectivity index (χ0n) is 8.00. The van der Waals surface area contributed by atoms with Crippen LogP contribution in [-0.4, -0.2) is 24.9 Å². The molecule has 0 aliphatic heterocycles. The Kier molecular flexibility index (Phi) is 3.17. The van der Waals surface area contributed by atoms with Crippen LogP contribution >= 0.6 is 0 Å². The first-order chi connectivity index (χ1) is 6.15. The summed E-state index contributed by atoms with van der Waals surface area (Å²) >= 11 is 0. The van der Waals surface area contributed by atoms with E-state index in [0.717, 1.165) is 5.56 Å². The first kappa shape index (κ1) is 9.90. The molecule has 0 bridgehead atoms. The summed E-state index contributed by atoms with van der Waals surface area (Å²) in [5.41, 5.74) is 1.76. The van der Waals surface area contributed by atoms with Gasteiger partial charge >= 0.3 is 0 Å². The number of nitrogens with zero attached hydrogens (tertiary/aromatic N) is 1. The topological polar surface area (TPSA) is 34.0 Å². The number of hydrogen-bond donors (Lipinski definition) is 1. The molecule has 68 valence electrons. The average molecular weight is 176 g/mol. The van der Waals surface area contributed by atoms with E-state index in [1.807, 2.05) is 26.2 Å². The van der Waals surface area contributed by atoms with Gasteiger partial charge in [0.1, 0.15) is 5.69 Å². The van der Waals surface area contributed by atoms with Crippen LogP contribution in [0.4, 0.5) is 0 Å². The molecule has 0 aliphatic carbocycles. The molecule has 0 saturated carbocycles. The van der Waals surface area contributed by atoms with Gasteiger partial charge in [0.05, 0.1) is 7.85 Å². The highest BCUT2D eigenvalue weighted by Crippen LogP contribution is 2.05. The molecule has 0 aliphatic rings. The lowest BCUT2D eigenvalue weighted by atomic mass is 10.1. The lowest BCUT2D eigenvalue weighted by molar-refractivity contribution is 0.0947. The Morgan fingerprint density at radius 1 is 1.69 bits per heavy atom. The lowest BCUT2D eigenvalue weighted by Crippen LogP contribution is -2.25. The molecule has 1 N–H and O–H groups in total. The molecule has 0 fully saturated rings. The summed E-state index contributed by atoms with van der Waals surface area (Å²) in [5.74, 6) is -0.0685. The Morgan fingerprint density at radius 3 is 2.85 bits per heavy atom. The number of hydrogen-bond acceptors (Lipinski definition) is 1. The van der Waals surface area contributed by atoms with Crippen molar-refractivity contribution >= 4 is 13.8 Å². The smallest absolute Gasteiger partial charge is 0.267 e. The minimum Gasteiger partial charge on any atom is -0.352 e. The summed E-state index contributed by atoms with van der Waals surface area (Å²) in [7, 11) is 7.13. The quantitative estimate of drug-likeness (QED) is 0.674. The Labute approximate surface area is 79.5 Å². The predicted molar refractivity (Wildman–Crippen MR) is 53.0 cm³/mol. The molecule has 13 heavy (non-hydrogen) atoms. The van der Waals surface area contributed by atoms with Crippen LogP contribution in [0, 0.1) is 6.92 Å². The summed E-state index contributed by atoms with van der Waals surface area (Å²) in [6.45, 7) is 2.47. The van der Waals surface area contributed by atoms with Crippen molar-refractivity contribution < 1.29 is 4.79 Å². The number of carbonyl (C=O) groups excluding carboxylic acids is 1. The second-order valence-electron chi connectivity index (χ2n) is 3.06. The molecule has 2 radical (unpaired) electrons. The number of rotatable bonds is 3. The number of carbonyl (C=O) groups is 1. The van der Waals surface area contributed by atoms with Crippen molar-refractivity contribution in [3.63, 3.8) is 0 Å². The number of nitrogens with one attached hydrogen (secondary N) is 1. The fourth-order valence-corrected chi connectivity index (χ4v) is 1.23. The number of aryl methyl sites for hydroxylation is 2. The van der Waals surface area contributed by atoms with Gasteiger partial charge in [0.25, 0.3) is 5.91 Å². The molecule has 1 rings (SSSR count). The van der Waals surface area contributed by atoms with Gasteiger partial charge in [-0.25, -0.2) is 0 Å². The van der Waals surface area contributed by atoms with Gasteiger partial charge in [-0.3, -0.25) is 4.79 Å². The van der Waals surface area contributed by atoms with Gasteiger partial charge in [-0.15, -0.1) is 0 Å². The summed E-state index contributed by atoms with van der Waals surface area (Å²) in [5, 5.41) is 2.72. The second kappa shape index (κ2) is 4.17. The molecular formula is C9H13BN2O. The molecule has 0 atom stereocenters. The van der Waals surface area contributed by atoms with Crippen molar-refractivity contribution in [3.8, 4) is 0 Å². The highest BCUT2D eigenvalue weighted by Gasteiger charge is 2.08. The normalized spacial score (nSPS) is 10.0. The van der Waals surface area contributed by atoms with Crippen LogP contribution in [0.2, 0.25) is 6.32 Å². The monoisotopic (exact) mass is 176 g/mol. The summed E-state index contributed by atoms with van der Waals surface area (Å²) in [6.07, 6.45) is 2.38. The Hall–Kier alpha value is -1.19. The van der Waals surface area contributed by atoms with Crippen LogP contribution < -0.4 is 5.32 Å². The first-order valence-electron chi connectivity index (χ1n) is 4.26. The van der Waals surface area contributed by atoms with E-state index in [9.17, 15) is 4.79 Å². The minimum atomic E-state index is -0.0685. The Morgan fingerprint density at radius 2 is 2.38 bits per heavy atom. The molecule has 1 heterocycles. The van der Waals surface area contributed by atoms with Crippen LogP contribution in [0.25, 0.3) is 0 Å². The molecule has 0 saturated heterocycles. The number of amides is 1. The Bertz CT molecular complexity index is 307. The van der Waals surface area contributed by atoms with Gasteiger partial charge < -0.3 is 9.88 Å². The van der Waals surface area contributed by atoms with Crippen molar-refractivity contribution in [1.82, 2.24) is 9.88 Å². The fraction of sp³-hybridized carbons (Fsp3) is 0.444. The maximum atomic E-state index is 11.5. The van der Waals surface area contributed by atoms with Gasteiger partial charge in [-0.05, 0) is 18.6 Å². The molecule has 1 aromatic heterocycles. The van der Waals surface area contributed by atoms with E-state index in [-0.39, 0.29) is 5.91 Å². The van der Waals surface area contributed by atoms with E-state index >= 15 is 0 Å². The highest BCUT2D eigenvalue weighted by atomic mass is 16.1. The maximum absolute atomic E-state index is 11.5. The molecule has 0 unspecified atom stereocenters. The van der Waals surface area contributed by atoms with E-state index in [0.29, 0.717) is 18.6 Å². The van der Waals surface area contributed by atoms with Gasteiger partial charge in [-0.1, -0.05) is 6.32 Å². The van der Waals surface area contributed by atoms with E-state index in [1.165, 1.54) is 0 Å². The molecule has 3 nitrogen and oxygen atoms in total. The van der Waals surface area contributed by atoms with E-state index < -0.39 is 0 Å². The SMILES string of the molecule is [B]CCNC(=O)c1cc(C)cn1C. The maximum Gasteiger partial charge on any atom is 0.267 e. The van der Waals surface area contributed by atoms with Crippen LogP contribution in [0.3, 0.4) is 0 Å². The predicted octanol–water partition coefficient (Wildman–Crippen LogP) is 0.650. The average Bonchev–Trinajstić information content (AvgIpc) is 2.41. The second-order valence-corrected chi connectivity index (χ2v) is 3.06. The highest BCUT2D eigenvalue weighted by molar-refractivity contribution is 6.08. The third-order valence-electron chi connectivity index (χ3n) is 1.80. The van der Waals surface area contributed by atoms with Crippen molar-refractivity contribution in [3.05, 3.63) is 23.5 Å². The van der Waals surface area contributed by atoms with Crippen molar-refractivity contribution in [1.29, 1.82) is 0 Å². The fourth-order valence-electron chi connectivity index (χ4n) is 1.23. The molecular weight excluding hydrogens is 163 g/mol. The third-order valence-corrected chi connectivity index (χ3v) is 1.80. The van der Waals surface area contributed by atoms with Crippen LogP contribution in [-0.2, 0) is 7.05 Å². The summed E-state index contributed by atoms with van der Waals surface area (Å²) in [4.78, 5) is 11.5. The molecule has 1 aromatic rings. The van der Waals surface area contributed by atoms with Gasteiger partial charge in [0.15, 0.2) is 0 Å². The minimum absolute atomic E-state index is 0.0685. The van der Waals surface area contributed by atoms with E-state index in [2.05, 4.69) is 5.32 Å². The molecule has 1 amide bonds.